The number of nitrogens with one attached hydrogen (secondary N) is 2. The molecule has 5 nitrogen and oxygen atoms in total. The molecule has 7 heteroatoms. The van der Waals surface area contributed by atoms with Gasteiger partial charge in [-0.3, -0.25) is 4.79 Å². The molecule has 1 saturated heterocycles. The summed E-state index contributed by atoms with van der Waals surface area (Å²) in [5.41, 5.74) is 2.84. The second-order valence-corrected chi connectivity index (χ2v) is 7.84. The number of para-hydroxylation sites is 1. The van der Waals surface area contributed by atoms with Crippen LogP contribution in [-0.4, -0.2) is 39.5 Å². The third-order valence-electron chi connectivity index (χ3n) is 6.03. The molecule has 4 aromatic rings. The molecule has 0 spiro atoms. The van der Waals surface area contributed by atoms with Crippen molar-refractivity contribution in [3.63, 3.8) is 0 Å². The Bertz CT molecular complexity index is 1230. The van der Waals surface area contributed by atoms with E-state index in [1.165, 1.54) is 6.07 Å². The van der Waals surface area contributed by atoms with Gasteiger partial charge in [-0.1, -0.05) is 12.1 Å². The number of halogens is 2. The normalized spacial score (nSPS) is 15.5. The maximum absolute atomic E-state index is 13.6. The average Bonchev–Trinajstić information content (AvgIpc) is 3.14. The highest BCUT2D eigenvalue weighted by Crippen LogP contribution is 2.26. The number of piperidine rings is 1. The first-order valence-corrected chi connectivity index (χ1v) is 10.1. The van der Waals surface area contributed by atoms with E-state index in [2.05, 4.69) is 14.9 Å². The summed E-state index contributed by atoms with van der Waals surface area (Å²) in [4.78, 5) is 25.7. The lowest BCUT2D eigenvalue weighted by Crippen LogP contribution is -2.35. The number of likely N-dealkylation sites (tertiary alicyclic amines) is 1. The summed E-state index contributed by atoms with van der Waals surface area (Å²) < 4.78 is 13.6. The van der Waals surface area contributed by atoms with Crippen molar-refractivity contribution >= 4 is 34.2 Å². The van der Waals surface area contributed by atoms with Crippen molar-refractivity contribution in [3.8, 4) is 0 Å². The zero-order valence-electron chi connectivity index (χ0n) is 16.5. The van der Waals surface area contributed by atoms with Crippen molar-refractivity contribution in [1.82, 2.24) is 19.9 Å². The van der Waals surface area contributed by atoms with Crippen LogP contribution in [0.2, 0.25) is 0 Å². The number of aromatic nitrogens is 3. The van der Waals surface area contributed by atoms with Crippen LogP contribution in [0.25, 0.3) is 21.8 Å². The third-order valence-corrected chi connectivity index (χ3v) is 6.03. The van der Waals surface area contributed by atoms with Gasteiger partial charge in [0, 0.05) is 29.6 Å². The second kappa shape index (κ2) is 8.58. The third kappa shape index (κ3) is 3.98. The predicted molar refractivity (Wildman–Crippen MR) is 120 cm³/mol. The van der Waals surface area contributed by atoms with Crippen LogP contribution >= 0.6 is 12.4 Å². The summed E-state index contributed by atoms with van der Waals surface area (Å²) in [7, 11) is 0. The van der Waals surface area contributed by atoms with Crippen LogP contribution in [0.15, 0.2) is 53.5 Å². The molecule has 0 aliphatic carbocycles. The van der Waals surface area contributed by atoms with Gasteiger partial charge in [0.05, 0.1) is 10.9 Å². The predicted octanol–water partition coefficient (Wildman–Crippen LogP) is 4.39. The molecule has 0 amide bonds. The fourth-order valence-corrected chi connectivity index (χ4v) is 4.36. The summed E-state index contributed by atoms with van der Waals surface area (Å²) in [6, 6.07) is 12.4. The number of rotatable bonds is 4. The first kappa shape index (κ1) is 20.6. The molecule has 30 heavy (non-hydrogen) atoms. The van der Waals surface area contributed by atoms with E-state index in [1.807, 2.05) is 30.5 Å². The molecule has 2 aromatic heterocycles. The van der Waals surface area contributed by atoms with E-state index >= 15 is 0 Å². The molecular formula is C23H24ClFN4O. The van der Waals surface area contributed by atoms with Crippen LogP contribution in [0.3, 0.4) is 0 Å². The Hall–Kier alpha value is -2.70. The van der Waals surface area contributed by atoms with E-state index in [-0.39, 0.29) is 29.7 Å². The number of hydrogen-bond donors (Lipinski definition) is 2. The van der Waals surface area contributed by atoms with E-state index in [4.69, 9.17) is 4.98 Å². The first-order valence-electron chi connectivity index (χ1n) is 10.1. The molecule has 1 aliphatic rings. The molecule has 1 fully saturated rings. The summed E-state index contributed by atoms with van der Waals surface area (Å²) in [5, 5.41) is 1.61. The van der Waals surface area contributed by atoms with Gasteiger partial charge in [0.25, 0.3) is 5.56 Å². The van der Waals surface area contributed by atoms with Crippen molar-refractivity contribution in [2.45, 2.75) is 25.2 Å². The molecule has 0 radical (unpaired) electrons. The second-order valence-electron chi connectivity index (χ2n) is 7.84. The number of hydrogen-bond acceptors (Lipinski definition) is 3. The smallest absolute Gasteiger partial charge is 0.258 e. The Kier molecular flexibility index (Phi) is 5.88. The van der Waals surface area contributed by atoms with Crippen LogP contribution in [0, 0.1) is 5.82 Å². The monoisotopic (exact) mass is 426 g/mol. The van der Waals surface area contributed by atoms with Gasteiger partial charge in [-0.05, 0) is 68.2 Å². The van der Waals surface area contributed by atoms with Gasteiger partial charge in [-0.2, -0.15) is 0 Å². The first-order chi connectivity index (χ1) is 14.2. The van der Waals surface area contributed by atoms with Crippen molar-refractivity contribution < 1.29 is 4.39 Å². The number of aromatic amines is 2. The minimum Gasteiger partial charge on any atom is -0.361 e. The number of fused-ring (bicyclic) bond motifs is 2. The summed E-state index contributed by atoms with van der Waals surface area (Å²) in [6.45, 7) is 2.88. The average molecular weight is 427 g/mol. The van der Waals surface area contributed by atoms with Crippen LogP contribution in [0.4, 0.5) is 4.39 Å². The lowest BCUT2D eigenvalue weighted by atomic mass is 9.95. The van der Waals surface area contributed by atoms with Gasteiger partial charge < -0.3 is 14.9 Å². The van der Waals surface area contributed by atoms with Crippen molar-refractivity contribution in [2.24, 2.45) is 0 Å². The topological polar surface area (TPSA) is 64.8 Å². The Morgan fingerprint density at radius 1 is 1.10 bits per heavy atom. The van der Waals surface area contributed by atoms with E-state index in [9.17, 15) is 9.18 Å². The molecule has 0 bridgehead atoms. The number of H-pyrrole nitrogens is 2. The zero-order chi connectivity index (χ0) is 19.8. The Labute approximate surface area is 179 Å². The van der Waals surface area contributed by atoms with Gasteiger partial charge in [0.1, 0.15) is 11.6 Å². The van der Waals surface area contributed by atoms with Gasteiger partial charge in [-0.15, -0.1) is 12.4 Å². The van der Waals surface area contributed by atoms with Crippen LogP contribution in [0.5, 0.6) is 0 Å². The fourth-order valence-electron chi connectivity index (χ4n) is 4.36. The Balaban J connectivity index is 0.00000218. The molecule has 156 valence electrons. The summed E-state index contributed by atoms with van der Waals surface area (Å²) >= 11 is 0. The quantitative estimate of drug-likeness (QED) is 0.508. The maximum Gasteiger partial charge on any atom is 0.258 e. The SMILES string of the molecule is Cl.O=c1[nH]c(C2CCN(CCc3c[nH]c4ccc(F)cc34)CC2)nc2ccccc12. The lowest BCUT2D eigenvalue weighted by Gasteiger charge is -2.31. The molecule has 0 unspecified atom stereocenters. The van der Waals surface area contributed by atoms with Crippen LogP contribution in [-0.2, 0) is 6.42 Å². The zero-order valence-corrected chi connectivity index (χ0v) is 17.3. The summed E-state index contributed by atoms with van der Waals surface area (Å²) in [6.07, 6.45) is 4.83. The fraction of sp³-hybridized carbons (Fsp3) is 0.304. The molecule has 3 heterocycles. The molecule has 1 aliphatic heterocycles. The highest BCUT2D eigenvalue weighted by Gasteiger charge is 2.23. The van der Waals surface area contributed by atoms with Crippen molar-refractivity contribution in [1.29, 1.82) is 0 Å². The van der Waals surface area contributed by atoms with Crippen molar-refractivity contribution in [2.75, 3.05) is 19.6 Å². The molecule has 0 atom stereocenters. The molecule has 2 N–H and O–H groups in total. The molecule has 0 saturated carbocycles. The van der Waals surface area contributed by atoms with Crippen LogP contribution in [0.1, 0.15) is 30.1 Å². The minimum absolute atomic E-state index is 0. The van der Waals surface area contributed by atoms with Crippen LogP contribution < -0.4 is 5.56 Å². The van der Waals surface area contributed by atoms with Gasteiger partial charge in [-0.25, -0.2) is 9.37 Å². The van der Waals surface area contributed by atoms with Gasteiger partial charge in [0.2, 0.25) is 0 Å². The van der Waals surface area contributed by atoms with E-state index in [0.717, 1.165) is 66.7 Å². The van der Waals surface area contributed by atoms with E-state index < -0.39 is 0 Å². The highest BCUT2D eigenvalue weighted by molar-refractivity contribution is 5.85. The van der Waals surface area contributed by atoms with Gasteiger partial charge >= 0.3 is 0 Å². The molecular weight excluding hydrogens is 403 g/mol. The maximum atomic E-state index is 13.6. The Morgan fingerprint density at radius 3 is 2.73 bits per heavy atom. The minimum atomic E-state index is -0.198. The largest absolute Gasteiger partial charge is 0.361 e. The number of benzene rings is 2. The lowest BCUT2D eigenvalue weighted by molar-refractivity contribution is 0.211. The van der Waals surface area contributed by atoms with E-state index in [0.29, 0.717) is 5.39 Å². The molecule has 5 rings (SSSR count). The Morgan fingerprint density at radius 2 is 1.90 bits per heavy atom. The summed E-state index contributed by atoms with van der Waals surface area (Å²) in [5.74, 6) is 0.891. The van der Waals surface area contributed by atoms with Crippen molar-refractivity contribution in [3.05, 3.63) is 76.2 Å². The molecule has 2 aromatic carbocycles. The van der Waals surface area contributed by atoms with Gasteiger partial charge in [0.15, 0.2) is 0 Å². The number of nitrogens with zero attached hydrogens (tertiary/aromatic N) is 2. The highest BCUT2D eigenvalue weighted by atomic mass is 35.5. The standard InChI is InChI=1S/C23H23FN4O.ClH/c24-17-5-6-20-19(13-17)16(14-25-20)9-12-28-10-7-15(8-11-28)22-26-21-4-2-1-3-18(21)23(29)27-22;/h1-6,13-15,25H,7-12H2,(H,26,27,29);1H. The van der Waals surface area contributed by atoms with E-state index in [1.54, 1.807) is 12.1 Å².